The number of fused-ring (bicyclic) bond motifs is 2. The Morgan fingerprint density at radius 1 is 1.40 bits per heavy atom. The largest absolute Gasteiger partial charge is 0.385 e. The van der Waals surface area contributed by atoms with Gasteiger partial charge in [-0.15, -0.1) is 0 Å². The van der Waals surface area contributed by atoms with Crippen molar-refractivity contribution in [3.8, 4) is 0 Å². The standard InChI is InChI=1S/C19H25N5O/c1-2-11-4-3-5-13-14(8-9-22-17(11)13)19(25)24-18(21)15-10-12(20)6-7-16(15)23-24/h3-5,12,14,22H,2,6-10,20-21H2,1H3/t12?,14-/m0/s1. The molecule has 1 aromatic heterocycles. The first-order chi connectivity index (χ1) is 12.1. The van der Waals surface area contributed by atoms with Crippen LogP contribution in [0.1, 0.15) is 52.9 Å². The highest BCUT2D eigenvalue weighted by Gasteiger charge is 2.32. The Labute approximate surface area is 147 Å². The predicted molar refractivity (Wildman–Crippen MR) is 98.9 cm³/mol. The number of nitrogens with zero attached hydrogens (tertiary/aromatic N) is 2. The lowest BCUT2D eigenvalue weighted by Gasteiger charge is -2.27. The number of hydrogen-bond donors (Lipinski definition) is 3. The monoisotopic (exact) mass is 339 g/mol. The van der Waals surface area contributed by atoms with Crippen LogP contribution in [-0.2, 0) is 19.3 Å². The molecule has 0 spiro atoms. The van der Waals surface area contributed by atoms with Gasteiger partial charge in [0.1, 0.15) is 5.82 Å². The summed E-state index contributed by atoms with van der Waals surface area (Å²) in [5.74, 6) is 0.235. The number of nitrogens with one attached hydrogen (secondary N) is 1. The van der Waals surface area contributed by atoms with E-state index in [-0.39, 0.29) is 17.9 Å². The Morgan fingerprint density at radius 2 is 2.24 bits per heavy atom. The van der Waals surface area contributed by atoms with Crippen molar-refractivity contribution >= 4 is 17.4 Å². The third-order valence-corrected chi connectivity index (χ3v) is 5.51. The van der Waals surface area contributed by atoms with Gasteiger partial charge >= 0.3 is 0 Å². The van der Waals surface area contributed by atoms with E-state index in [1.54, 1.807) is 0 Å². The van der Waals surface area contributed by atoms with E-state index < -0.39 is 0 Å². The van der Waals surface area contributed by atoms with Crippen molar-refractivity contribution in [3.63, 3.8) is 0 Å². The van der Waals surface area contributed by atoms with Gasteiger partial charge in [0.15, 0.2) is 0 Å². The van der Waals surface area contributed by atoms with Crippen LogP contribution >= 0.6 is 0 Å². The number of nitrogen functional groups attached to an aromatic ring is 1. The Hall–Kier alpha value is -2.34. The molecule has 1 aliphatic carbocycles. The first-order valence-corrected chi connectivity index (χ1v) is 9.11. The van der Waals surface area contributed by atoms with Crippen LogP contribution in [0.4, 0.5) is 11.5 Å². The molecule has 25 heavy (non-hydrogen) atoms. The maximum absolute atomic E-state index is 13.2. The average Bonchev–Trinajstić information content (AvgIpc) is 2.96. The minimum Gasteiger partial charge on any atom is -0.385 e. The van der Waals surface area contributed by atoms with E-state index in [0.717, 1.165) is 54.7 Å². The van der Waals surface area contributed by atoms with Gasteiger partial charge in [-0.1, -0.05) is 25.1 Å². The van der Waals surface area contributed by atoms with Gasteiger partial charge in [-0.3, -0.25) is 4.79 Å². The topological polar surface area (TPSA) is 99.0 Å². The second kappa shape index (κ2) is 6.19. The molecule has 0 amide bonds. The lowest BCUT2D eigenvalue weighted by molar-refractivity contribution is 0.0859. The van der Waals surface area contributed by atoms with Crippen molar-refractivity contribution in [2.45, 2.75) is 51.0 Å². The minimum absolute atomic E-state index is 0.0310. The smallest absolute Gasteiger partial charge is 0.256 e. The zero-order valence-corrected chi connectivity index (χ0v) is 14.6. The van der Waals surface area contributed by atoms with Gasteiger partial charge in [0, 0.05) is 23.8 Å². The van der Waals surface area contributed by atoms with Gasteiger partial charge < -0.3 is 16.8 Å². The summed E-state index contributed by atoms with van der Waals surface area (Å²) in [6.45, 7) is 2.91. The summed E-state index contributed by atoms with van der Waals surface area (Å²) in [7, 11) is 0. The van der Waals surface area contributed by atoms with Crippen molar-refractivity contribution in [2.75, 3.05) is 17.6 Å². The number of carbonyl (C=O) groups is 1. The lowest BCUT2D eigenvalue weighted by atomic mass is 9.88. The molecule has 2 aromatic rings. The van der Waals surface area contributed by atoms with Crippen molar-refractivity contribution < 1.29 is 4.79 Å². The highest BCUT2D eigenvalue weighted by molar-refractivity contribution is 5.90. The fourth-order valence-corrected chi connectivity index (χ4v) is 4.11. The van der Waals surface area contributed by atoms with E-state index >= 15 is 0 Å². The molecule has 1 aliphatic heterocycles. The van der Waals surface area contributed by atoms with Crippen molar-refractivity contribution in [3.05, 3.63) is 40.6 Å². The highest BCUT2D eigenvalue weighted by Crippen LogP contribution is 2.36. The lowest BCUT2D eigenvalue weighted by Crippen LogP contribution is -2.29. The number of hydrogen-bond acceptors (Lipinski definition) is 5. The fraction of sp³-hybridized carbons (Fsp3) is 0.474. The molecule has 0 bridgehead atoms. The molecule has 2 aliphatic rings. The number of aromatic nitrogens is 2. The Kier molecular flexibility index (Phi) is 4.00. The molecule has 0 saturated carbocycles. The number of benzene rings is 1. The summed E-state index contributed by atoms with van der Waals surface area (Å²) in [4.78, 5) is 13.2. The first kappa shape index (κ1) is 16.1. The van der Waals surface area contributed by atoms with Crippen LogP contribution in [-0.4, -0.2) is 28.3 Å². The summed E-state index contributed by atoms with van der Waals surface area (Å²) in [6, 6.07) is 6.29. The van der Waals surface area contributed by atoms with Gasteiger partial charge in [0.05, 0.1) is 11.6 Å². The SMILES string of the molecule is CCc1cccc2c1NCC[C@@H]2C(=O)n1nc2c(c1N)CC(N)CC2. The van der Waals surface area contributed by atoms with Crippen LogP contribution in [0.5, 0.6) is 0 Å². The number of rotatable bonds is 2. The van der Waals surface area contributed by atoms with E-state index in [1.807, 2.05) is 12.1 Å². The normalized spacial score (nSPS) is 22.0. The maximum atomic E-state index is 13.2. The quantitative estimate of drug-likeness (QED) is 0.778. The fourth-order valence-electron chi connectivity index (χ4n) is 4.11. The van der Waals surface area contributed by atoms with Crippen LogP contribution in [0.15, 0.2) is 18.2 Å². The average molecular weight is 339 g/mol. The van der Waals surface area contributed by atoms with Crippen LogP contribution < -0.4 is 16.8 Å². The van der Waals surface area contributed by atoms with Gasteiger partial charge in [-0.05, 0) is 43.2 Å². The number of nitrogens with two attached hydrogens (primary N) is 2. The molecule has 0 radical (unpaired) electrons. The first-order valence-electron chi connectivity index (χ1n) is 9.11. The molecule has 2 atom stereocenters. The molecule has 4 rings (SSSR count). The molecular formula is C19H25N5O. The Balaban J connectivity index is 1.72. The number of aryl methyl sites for hydroxylation is 2. The highest BCUT2D eigenvalue weighted by atomic mass is 16.2. The minimum atomic E-state index is -0.208. The van der Waals surface area contributed by atoms with E-state index in [1.165, 1.54) is 10.2 Å². The summed E-state index contributed by atoms with van der Waals surface area (Å²) in [5.41, 5.74) is 17.6. The zero-order valence-electron chi connectivity index (χ0n) is 14.6. The summed E-state index contributed by atoms with van der Waals surface area (Å²) in [5, 5.41) is 8.00. The number of para-hydroxylation sites is 1. The third-order valence-electron chi connectivity index (χ3n) is 5.51. The molecule has 132 valence electrons. The zero-order chi connectivity index (χ0) is 17.6. The van der Waals surface area contributed by atoms with Crippen molar-refractivity contribution in [1.82, 2.24) is 9.78 Å². The van der Waals surface area contributed by atoms with Gasteiger partial charge in [-0.2, -0.15) is 9.78 Å². The van der Waals surface area contributed by atoms with Crippen molar-refractivity contribution in [1.29, 1.82) is 0 Å². The number of carbonyl (C=O) groups excluding carboxylic acids is 1. The molecular weight excluding hydrogens is 314 g/mol. The van der Waals surface area contributed by atoms with Gasteiger partial charge in [0.25, 0.3) is 5.91 Å². The third kappa shape index (κ3) is 2.61. The summed E-state index contributed by atoms with van der Waals surface area (Å²) >= 11 is 0. The van der Waals surface area contributed by atoms with Crippen molar-refractivity contribution in [2.24, 2.45) is 5.73 Å². The molecule has 1 unspecified atom stereocenters. The van der Waals surface area contributed by atoms with E-state index in [4.69, 9.17) is 11.5 Å². The van der Waals surface area contributed by atoms with E-state index in [2.05, 4.69) is 23.4 Å². The van der Waals surface area contributed by atoms with Gasteiger partial charge in [-0.25, -0.2) is 0 Å². The van der Waals surface area contributed by atoms with Gasteiger partial charge in [0.2, 0.25) is 0 Å². The molecule has 1 aromatic carbocycles. The molecule has 6 heteroatoms. The molecule has 0 fully saturated rings. The second-order valence-electron chi connectivity index (χ2n) is 7.07. The summed E-state index contributed by atoms with van der Waals surface area (Å²) in [6.07, 6.45) is 4.09. The predicted octanol–water partition coefficient (Wildman–Crippen LogP) is 2.08. The molecule has 6 nitrogen and oxygen atoms in total. The van der Waals surface area contributed by atoms with Crippen LogP contribution in [0.3, 0.4) is 0 Å². The van der Waals surface area contributed by atoms with E-state index in [9.17, 15) is 4.79 Å². The Bertz CT molecular complexity index is 825. The maximum Gasteiger partial charge on any atom is 0.256 e. The van der Waals surface area contributed by atoms with E-state index in [0.29, 0.717) is 12.2 Å². The number of anilines is 2. The van der Waals surface area contributed by atoms with Crippen LogP contribution in [0.25, 0.3) is 0 Å². The molecule has 0 saturated heterocycles. The second-order valence-corrected chi connectivity index (χ2v) is 7.07. The molecule has 2 heterocycles. The Morgan fingerprint density at radius 3 is 3.04 bits per heavy atom. The van der Waals surface area contributed by atoms with Crippen LogP contribution in [0, 0.1) is 0 Å². The van der Waals surface area contributed by atoms with Crippen LogP contribution in [0.2, 0.25) is 0 Å². The summed E-state index contributed by atoms with van der Waals surface area (Å²) < 4.78 is 1.43. The molecule has 5 N–H and O–H groups in total.